The van der Waals surface area contributed by atoms with Crippen LogP contribution in [0.5, 0.6) is 5.75 Å². The molecule has 27 heavy (non-hydrogen) atoms. The average molecular weight is 371 g/mol. The van der Waals surface area contributed by atoms with Crippen LogP contribution in [0.1, 0.15) is 17.8 Å². The van der Waals surface area contributed by atoms with Crippen LogP contribution < -0.4 is 16.2 Å². The zero-order chi connectivity index (χ0) is 19.2. The van der Waals surface area contributed by atoms with Crippen LogP contribution in [0.25, 0.3) is 0 Å². The van der Waals surface area contributed by atoms with E-state index in [4.69, 9.17) is 16.2 Å². The summed E-state index contributed by atoms with van der Waals surface area (Å²) < 4.78 is 5.15. The molecule has 0 unspecified atom stereocenters. The fraction of sp³-hybridized carbons (Fsp3) is 0.444. The smallest absolute Gasteiger partial charge is 0.225 e. The number of carbonyl (C=O) groups is 1. The van der Waals surface area contributed by atoms with Crippen LogP contribution in [-0.4, -0.2) is 63.9 Å². The zero-order valence-corrected chi connectivity index (χ0v) is 15.5. The lowest BCUT2D eigenvalue weighted by atomic mass is 10.1. The number of methoxy groups -OCH3 is 1. The van der Waals surface area contributed by atoms with Crippen LogP contribution in [-0.2, 0) is 17.8 Å². The number of aromatic nitrogens is 3. The SMILES string of the molecule is COc1ccc(CCC(=O)N2CCN(Cc3nc(N)nc(N)n3)CC2)cc1. The maximum absolute atomic E-state index is 12.5. The van der Waals surface area contributed by atoms with Gasteiger partial charge in [-0.15, -0.1) is 0 Å². The van der Waals surface area contributed by atoms with Gasteiger partial charge in [0.15, 0.2) is 0 Å². The van der Waals surface area contributed by atoms with Gasteiger partial charge in [-0.3, -0.25) is 9.69 Å². The number of hydrogen-bond donors (Lipinski definition) is 2. The van der Waals surface area contributed by atoms with Gasteiger partial charge in [-0.2, -0.15) is 15.0 Å². The van der Waals surface area contributed by atoms with Gasteiger partial charge in [0.1, 0.15) is 11.6 Å². The predicted molar refractivity (Wildman–Crippen MR) is 102 cm³/mol. The molecule has 1 aliphatic heterocycles. The Balaban J connectivity index is 1.44. The maximum Gasteiger partial charge on any atom is 0.225 e. The third kappa shape index (κ3) is 5.27. The number of nitrogens with two attached hydrogens (primary N) is 2. The third-order valence-corrected chi connectivity index (χ3v) is 4.59. The Morgan fingerprint density at radius 3 is 2.26 bits per heavy atom. The monoisotopic (exact) mass is 371 g/mol. The van der Waals surface area contributed by atoms with E-state index < -0.39 is 0 Å². The standard InChI is InChI=1S/C18H25N7O2/c1-27-14-5-2-13(3-6-14)4-7-16(26)25-10-8-24(9-11-25)12-15-21-17(19)23-18(20)22-15/h2-3,5-6H,4,7-12H2,1H3,(H4,19,20,21,22,23). The van der Waals surface area contributed by atoms with E-state index in [0.717, 1.165) is 30.8 Å². The molecule has 1 amide bonds. The molecule has 0 saturated carbocycles. The van der Waals surface area contributed by atoms with Gasteiger partial charge in [-0.1, -0.05) is 12.1 Å². The number of carbonyl (C=O) groups excluding carboxylic acids is 1. The first kappa shape index (κ1) is 18.8. The van der Waals surface area contributed by atoms with Gasteiger partial charge in [-0.25, -0.2) is 0 Å². The molecule has 9 nitrogen and oxygen atoms in total. The summed E-state index contributed by atoms with van der Waals surface area (Å²) in [4.78, 5) is 28.5. The molecule has 0 radical (unpaired) electrons. The van der Waals surface area contributed by atoms with Gasteiger partial charge in [0, 0.05) is 32.6 Å². The van der Waals surface area contributed by atoms with Gasteiger partial charge in [0.2, 0.25) is 17.8 Å². The molecule has 1 fully saturated rings. The van der Waals surface area contributed by atoms with Crippen molar-refractivity contribution >= 4 is 17.8 Å². The van der Waals surface area contributed by atoms with Crippen molar-refractivity contribution in [3.05, 3.63) is 35.7 Å². The highest BCUT2D eigenvalue weighted by Crippen LogP contribution is 2.14. The highest BCUT2D eigenvalue weighted by atomic mass is 16.5. The van der Waals surface area contributed by atoms with Gasteiger partial charge in [0.25, 0.3) is 0 Å². The summed E-state index contributed by atoms with van der Waals surface area (Å²) in [6.07, 6.45) is 1.24. The predicted octanol–water partition coefficient (Wildman–Crippen LogP) is 0.322. The van der Waals surface area contributed by atoms with Crippen molar-refractivity contribution in [3.63, 3.8) is 0 Å². The molecule has 3 rings (SSSR count). The summed E-state index contributed by atoms with van der Waals surface area (Å²) in [6, 6.07) is 7.82. The van der Waals surface area contributed by atoms with E-state index in [0.29, 0.717) is 31.9 Å². The second kappa shape index (κ2) is 8.63. The minimum Gasteiger partial charge on any atom is -0.497 e. The Bertz CT molecular complexity index is 754. The molecule has 9 heteroatoms. The first-order valence-corrected chi connectivity index (χ1v) is 8.92. The summed E-state index contributed by atoms with van der Waals surface area (Å²) in [5, 5.41) is 0. The Morgan fingerprint density at radius 2 is 1.67 bits per heavy atom. The van der Waals surface area contributed by atoms with Gasteiger partial charge in [0.05, 0.1) is 13.7 Å². The van der Waals surface area contributed by atoms with Gasteiger partial charge >= 0.3 is 0 Å². The van der Waals surface area contributed by atoms with E-state index in [1.807, 2.05) is 29.2 Å². The lowest BCUT2D eigenvalue weighted by Crippen LogP contribution is -2.48. The third-order valence-electron chi connectivity index (χ3n) is 4.59. The Labute approximate surface area is 158 Å². The van der Waals surface area contributed by atoms with Crippen LogP contribution in [0.4, 0.5) is 11.9 Å². The lowest BCUT2D eigenvalue weighted by Gasteiger charge is -2.34. The maximum atomic E-state index is 12.5. The second-order valence-corrected chi connectivity index (χ2v) is 6.47. The molecule has 1 aromatic carbocycles. The van der Waals surface area contributed by atoms with Crippen molar-refractivity contribution in [2.45, 2.75) is 19.4 Å². The van der Waals surface area contributed by atoms with Crippen LogP contribution in [0, 0.1) is 0 Å². The van der Waals surface area contributed by atoms with E-state index >= 15 is 0 Å². The Morgan fingerprint density at radius 1 is 1.04 bits per heavy atom. The molecule has 0 aliphatic carbocycles. The quantitative estimate of drug-likeness (QED) is 0.744. The van der Waals surface area contributed by atoms with Crippen molar-refractivity contribution < 1.29 is 9.53 Å². The number of ether oxygens (including phenoxy) is 1. The molecule has 1 aliphatic rings. The lowest BCUT2D eigenvalue weighted by molar-refractivity contribution is -0.133. The number of rotatable bonds is 6. The highest BCUT2D eigenvalue weighted by Gasteiger charge is 2.21. The minimum absolute atomic E-state index is 0.129. The molecule has 4 N–H and O–H groups in total. The van der Waals surface area contributed by atoms with Crippen molar-refractivity contribution in [1.82, 2.24) is 24.8 Å². The number of hydrogen-bond acceptors (Lipinski definition) is 8. The van der Waals surface area contributed by atoms with Crippen molar-refractivity contribution in [3.8, 4) is 5.75 Å². The number of anilines is 2. The number of piperazine rings is 1. The number of amides is 1. The number of benzene rings is 1. The minimum atomic E-state index is 0.129. The molecular formula is C18H25N7O2. The van der Waals surface area contributed by atoms with E-state index in [-0.39, 0.29) is 17.8 Å². The molecule has 2 aromatic rings. The molecule has 0 spiro atoms. The van der Waals surface area contributed by atoms with Crippen molar-refractivity contribution in [2.24, 2.45) is 0 Å². The largest absolute Gasteiger partial charge is 0.497 e. The highest BCUT2D eigenvalue weighted by molar-refractivity contribution is 5.76. The van der Waals surface area contributed by atoms with Crippen LogP contribution in [0.2, 0.25) is 0 Å². The summed E-state index contributed by atoms with van der Waals surface area (Å²) in [6.45, 7) is 3.46. The van der Waals surface area contributed by atoms with Crippen LogP contribution in [0.15, 0.2) is 24.3 Å². The van der Waals surface area contributed by atoms with E-state index in [1.165, 1.54) is 0 Å². The first-order valence-electron chi connectivity index (χ1n) is 8.92. The van der Waals surface area contributed by atoms with E-state index in [1.54, 1.807) is 7.11 Å². The molecule has 1 aromatic heterocycles. The molecule has 0 atom stereocenters. The van der Waals surface area contributed by atoms with E-state index in [2.05, 4.69) is 19.9 Å². The summed E-state index contributed by atoms with van der Waals surface area (Å²) >= 11 is 0. The number of aryl methyl sites for hydroxylation is 1. The Kier molecular flexibility index (Phi) is 6.02. The normalized spacial score (nSPS) is 14.9. The van der Waals surface area contributed by atoms with Crippen LogP contribution >= 0.6 is 0 Å². The van der Waals surface area contributed by atoms with Crippen LogP contribution in [0.3, 0.4) is 0 Å². The fourth-order valence-electron chi connectivity index (χ4n) is 3.08. The summed E-state index contributed by atoms with van der Waals surface area (Å²) in [7, 11) is 1.64. The summed E-state index contributed by atoms with van der Waals surface area (Å²) in [5.74, 6) is 1.82. The first-order chi connectivity index (χ1) is 13.0. The van der Waals surface area contributed by atoms with E-state index in [9.17, 15) is 4.79 Å². The number of nitrogen functional groups attached to an aromatic ring is 2. The second-order valence-electron chi connectivity index (χ2n) is 6.47. The molecule has 144 valence electrons. The summed E-state index contributed by atoms with van der Waals surface area (Å²) in [5.41, 5.74) is 12.3. The molecule has 0 bridgehead atoms. The van der Waals surface area contributed by atoms with Gasteiger partial charge in [-0.05, 0) is 24.1 Å². The molecule has 1 saturated heterocycles. The van der Waals surface area contributed by atoms with Gasteiger partial charge < -0.3 is 21.1 Å². The van der Waals surface area contributed by atoms with Crippen molar-refractivity contribution in [1.29, 1.82) is 0 Å². The molecular weight excluding hydrogens is 346 g/mol. The van der Waals surface area contributed by atoms with Crippen molar-refractivity contribution in [2.75, 3.05) is 44.8 Å². The fourth-order valence-corrected chi connectivity index (χ4v) is 3.08. The topological polar surface area (TPSA) is 123 Å². The Hall–Kier alpha value is -2.94. The average Bonchev–Trinajstić information content (AvgIpc) is 2.66. The molecule has 2 heterocycles. The zero-order valence-electron chi connectivity index (χ0n) is 15.5. The number of nitrogens with zero attached hydrogens (tertiary/aromatic N) is 5.